The van der Waals surface area contributed by atoms with Crippen LogP contribution in [-0.4, -0.2) is 23.0 Å². The molecule has 0 saturated heterocycles. The molecule has 0 heterocycles. The summed E-state index contributed by atoms with van der Waals surface area (Å²) in [7, 11) is 0. The third kappa shape index (κ3) is 5.80. The lowest BCUT2D eigenvalue weighted by atomic mass is 9.83. The standard InChI is InChI=1S/C15H29N3O2/c1-2-3-4-8-11-13(19)17-14(15(16)18-20)12-9-6-5-7-10-12/h12,14,20H,2-11H2,1H3,(H2,16,18)(H,17,19). The van der Waals surface area contributed by atoms with Gasteiger partial charge in [-0.3, -0.25) is 4.79 Å². The maximum absolute atomic E-state index is 12.0. The first kappa shape index (κ1) is 16.8. The Labute approximate surface area is 122 Å². The van der Waals surface area contributed by atoms with Gasteiger partial charge in [0.1, 0.15) is 0 Å². The van der Waals surface area contributed by atoms with Gasteiger partial charge in [-0.2, -0.15) is 0 Å². The molecule has 5 heteroatoms. The van der Waals surface area contributed by atoms with Gasteiger partial charge in [0.25, 0.3) is 0 Å². The second kappa shape index (κ2) is 9.61. The van der Waals surface area contributed by atoms with E-state index in [9.17, 15) is 4.79 Å². The van der Waals surface area contributed by atoms with Crippen molar-refractivity contribution < 1.29 is 10.0 Å². The molecule has 20 heavy (non-hydrogen) atoms. The summed E-state index contributed by atoms with van der Waals surface area (Å²) < 4.78 is 0. The SMILES string of the molecule is CCCCCCC(=O)NC(C(N)=NO)C1CCCCC1. The molecule has 4 N–H and O–H groups in total. The van der Waals surface area contributed by atoms with E-state index in [0.717, 1.165) is 44.9 Å². The van der Waals surface area contributed by atoms with E-state index in [4.69, 9.17) is 10.9 Å². The van der Waals surface area contributed by atoms with Crippen LogP contribution in [-0.2, 0) is 4.79 Å². The normalized spacial score (nSPS) is 18.8. The van der Waals surface area contributed by atoms with Crippen LogP contribution in [0.15, 0.2) is 5.16 Å². The number of nitrogens with zero attached hydrogens (tertiary/aromatic N) is 1. The minimum Gasteiger partial charge on any atom is -0.409 e. The van der Waals surface area contributed by atoms with Crippen LogP contribution in [0.5, 0.6) is 0 Å². The van der Waals surface area contributed by atoms with Crippen molar-refractivity contribution in [1.29, 1.82) is 0 Å². The molecule has 1 saturated carbocycles. The summed E-state index contributed by atoms with van der Waals surface area (Å²) in [6.07, 6.45) is 10.5. The number of nitrogens with one attached hydrogen (secondary N) is 1. The molecule has 1 aliphatic carbocycles. The van der Waals surface area contributed by atoms with Crippen LogP contribution in [0, 0.1) is 5.92 Å². The monoisotopic (exact) mass is 283 g/mol. The zero-order valence-electron chi connectivity index (χ0n) is 12.6. The Morgan fingerprint density at radius 1 is 1.30 bits per heavy atom. The number of amides is 1. The first-order valence-corrected chi connectivity index (χ1v) is 7.95. The molecule has 0 radical (unpaired) electrons. The molecule has 1 aliphatic rings. The zero-order valence-corrected chi connectivity index (χ0v) is 12.6. The molecule has 0 bridgehead atoms. The molecule has 1 atom stereocenters. The Bertz CT molecular complexity index is 312. The van der Waals surface area contributed by atoms with E-state index in [0.29, 0.717) is 12.3 Å². The highest BCUT2D eigenvalue weighted by Gasteiger charge is 2.28. The molecule has 1 amide bonds. The van der Waals surface area contributed by atoms with E-state index in [-0.39, 0.29) is 17.8 Å². The second-order valence-electron chi connectivity index (χ2n) is 5.78. The van der Waals surface area contributed by atoms with Gasteiger partial charge in [-0.25, -0.2) is 0 Å². The van der Waals surface area contributed by atoms with E-state index < -0.39 is 0 Å². The predicted octanol–water partition coefficient (Wildman–Crippen LogP) is 2.77. The fraction of sp³-hybridized carbons (Fsp3) is 0.867. The smallest absolute Gasteiger partial charge is 0.220 e. The molecular weight excluding hydrogens is 254 g/mol. The molecule has 1 unspecified atom stereocenters. The summed E-state index contributed by atoms with van der Waals surface area (Å²) in [4.78, 5) is 12.0. The van der Waals surface area contributed by atoms with Gasteiger partial charge >= 0.3 is 0 Å². The van der Waals surface area contributed by atoms with Gasteiger partial charge in [-0.15, -0.1) is 0 Å². The maximum Gasteiger partial charge on any atom is 0.220 e. The Morgan fingerprint density at radius 2 is 2.00 bits per heavy atom. The van der Waals surface area contributed by atoms with Crippen molar-refractivity contribution in [2.45, 2.75) is 77.2 Å². The van der Waals surface area contributed by atoms with Gasteiger partial charge < -0.3 is 16.3 Å². The summed E-state index contributed by atoms with van der Waals surface area (Å²) in [5.41, 5.74) is 5.76. The quantitative estimate of drug-likeness (QED) is 0.210. The van der Waals surface area contributed by atoms with Crippen molar-refractivity contribution in [2.24, 2.45) is 16.8 Å². The van der Waals surface area contributed by atoms with Gasteiger partial charge in [0.15, 0.2) is 5.84 Å². The largest absolute Gasteiger partial charge is 0.409 e. The number of carbonyl (C=O) groups excluding carboxylic acids is 1. The summed E-state index contributed by atoms with van der Waals surface area (Å²) in [5.74, 6) is 0.460. The van der Waals surface area contributed by atoms with Gasteiger partial charge in [-0.05, 0) is 25.2 Å². The van der Waals surface area contributed by atoms with E-state index in [1.165, 1.54) is 12.8 Å². The van der Waals surface area contributed by atoms with Crippen molar-refractivity contribution in [2.75, 3.05) is 0 Å². The number of oxime groups is 1. The topological polar surface area (TPSA) is 87.7 Å². The highest BCUT2D eigenvalue weighted by Crippen LogP contribution is 2.26. The number of rotatable bonds is 8. The molecule has 0 aromatic carbocycles. The first-order valence-electron chi connectivity index (χ1n) is 7.95. The zero-order chi connectivity index (χ0) is 14.8. The number of nitrogens with two attached hydrogens (primary N) is 1. The third-order valence-corrected chi connectivity index (χ3v) is 4.13. The second-order valence-corrected chi connectivity index (χ2v) is 5.78. The van der Waals surface area contributed by atoms with E-state index in [2.05, 4.69) is 17.4 Å². The van der Waals surface area contributed by atoms with Crippen LogP contribution >= 0.6 is 0 Å². The first-order chi connectivity index (χ1) is 9.69. The van der Waals surface area contributed by atoms with Crippen molar-refractivity contribution in [3.8, 4) is 0 Å². The Morgan fingerprint density at radius 3 is 2.60 bits per heavy atom. The van der Waals surface area contributed by atoms with Gasteiger partial charge in [0, 0.05) is 6.42 Å². The molecule has 0 aliphatic heterocycles. The van der Waals surface area contributed by atoms with Gasteiger partial charge in [0.2, 0.25) is 5.91 Å². The number of hydrogen-bond acceptors (Lipinski definition) is 3. The summed E-state index contributed by atoms with van der Waals surface area (Å²) >= 11 is 0. The van der Waals surface area contributed by atoms with Crippen LogP contribution in [0.25, 0.3) is 0 Å². The predicted molar refractivity (Wildman–Crippen MR) is 80.7 cm³/mol. The molecule has 0 spiro atoms. The Hall–Kier alpha value is -1.26. The van der Waals surface area contributed by atoms with E-state index in [1.54, 1.807) is 0 Å². The fourth-order valence-corrected chi connectivity index (χ4v) is 2.92. The van der Waals surface area contributed by atoms with Crippen LogP contribution in [0.1, 0.15) is 71.1 Å². The fourth-order valence-electron chi connectivity index (χ4n) is 2.92. The molecule has 1 rings (SSSR count). The number of amidine groups is 1. The average Bonchev–Trinajstić information content (AvgIpc) is 2.49. The van der Waals surface area contributed by atoms with Crippen LogP contribution < -0.4 is 11.1 Å². The Kier molecular flexibility index (Phi) is 8.07. The van der Waals surface area contributed by atoms with E-state index in [1.807, 2.05) is 0 Å². The molecule has 5 nitrogen and oxygen atoms in total. The lowest BCUT2D eigenvalue weighted by Crippen LogP contribution is -2.49. The van der Waals surface area contributed by atoms with Crippen molar-refractivity contribution in [3.63, 3.8) is 0 Å². The van der Waals surface area contributed by atoms with Crippen LogP contribution in [0.4, 0.5) is 0 Å². The van der Waals surface area contributed by atoms with Crippen molar-refractivity contribution >= 4 is 11.7 Å². The third-order valence-electron chi connectivity index (χ3n) is 4.13. The van der Waals surface area contributed by atoms with Gasteiger partial charge in [-0.1, -0.05) is 50.6 Å². The van der Waals surface area contributed by atoms with Crippen molar-refractivity contribution in [1.82, 2.24) is 5.32 Å². The van der Waals surface area contributed by atoms with Crippen molar-refractivity contribution in [3.05, 3.63) is 0 Å². The lowest BCUT2D eigenvalue weighted by molar-refractivity contribution is -0.121. The lowest BCUT2D eigenvalue weighted by Gasteiger charge is -2.30. The molecule has 1 fully saturated rings. The number of hydrogen-bond donors (Lipinski definition) is 3. The number of carbonyl (C=O) groups is 1. The molecule has 0 aromatic rings. The Balaban J connectivity index is 2.45. The molecule has 0 aromatic heterocycles. The minimum absolute atomic E-state index is 0.0169. The highest BCUT2D eigenvalue weighted by molar-refractivity contribution is 5.90. The molecular formula is C15H29N3O2. The maximum atomic E-state index is 12.0. The van der Waals surface area contributed by atoms with E-state index >= 15 is 0 Å². The average molecular weight is 283 g/mol. The van der Waals surface area contributed by atoms with Gasteiger partial charge in [0.05, 0.1) is 6.04 Å². The van der Waals surface area contributed by atoms with Crippen LogP contribution in [0.2, 0.25) is 0 Å². The summed E-state index contributed by atoms with van der Waals surface area (Å²) in [5, 5.41) is 15.0. The molecule has 116 valence electrons. The summed E-state index contributed by atoms with van der Waals surface area (Å²) in [6.45, 7) is 2.15. The van der Waals surface area contributed by atoms with Crippen LogP contribution in [0.3, 0.4) is 0 Å². The highest BCUT2D eigenvalue weighted by atomic mass is 16.4. The minimum atomic E-state index is -0.307. The number of unbranched alkanes of at least 4 members (excludes halogenated alkanes) is 3. The summed E-state index contributed by atoms with van der Waals surface area (Å²) in [6, 6.07) is -0.307.